The SMILES string of the molecule is CCCCCCNC(=O)c1nc(-c2ccc(Cl)cc2)c(Cc2ccc(Cl)cc2Cl)[nH]1. The molecule has 7 heteroatoms. The third-order valence-corrected chi connectivity index (χ3v) is 5.65. The highest BCUT2D eigenvalue weighted by molar-refractivity contribution is 6.35. The number of hydrogen-bond donors (Lipinski definition) is 2. The fourth-order valence-corrected chi connectivity index (χ4v) is 3.79. The highest BCUT2D eigenvalue weighted by atomic mass is 35.5. The molecule has 1 amide bonds. The minimum absolute atomic E-state index is 0.213. The highest BCUT2D eigenvalue weighted by Crippen LogP contribution is 2.28. The van der Waals surface area contributed by atoms with E-state index in [0.717, 1.165) is 36.1 Å². The van der Waals surface area contributed by atoms with Crippen molar-refractivity contribution in [2.24, 2.45) is 0 Å². The van der Waals surface area contributed by atoms with E-state index in [1.54, 1.807) is 24.3 Å². The average Bonchev–Trinajstić information content (AvgIpc) is 3.14. The van der Waals surface area contributed by atoms with Crippen LogP contribution in [0.5, 0.6) is 0 Å². The summed E-state index contributed by atoms with van der Waals surface area (Å²) in [5, 5.41) is 4.73. The lowest BCUT2D eigenvalue weighted by molar-refractivity contribution is 0.0943. The van der Waals surface area contributed by atoms with E-state index in [4.69, 9.17) is 34.8 Å². The van der Waals surface area contributed by atoms with E-state index in [2.05, 4.69) is 22.2 Å². The number of amides is 1. The van der Waals surface area contributed by atoms with Crippen LogP contribution >= 0.6 is 34.8 Å². The second-order valence-corrected chi connectivity index (χ2v) is 8.43. The molecule has 0 saturated carbocycles. The zero-order valence-electron chi connectivity index (χ0n) is 16.8. The molecule has 158 valence electrons. The van der Waals surface area contributed by atoms with Gasteiger partial charge in [0.25, 0.3) is 5.91 Å². The van der Waals surface area contributed by atoms with Crippen LogP contribution in [0, 0.1) is 0 Å². The van der Waals surface area contributed by atoms with Crippen LogP contribution in [-0.4, -0.2) is 22.4 Å². The molecule has 3 aromatic rings. The molecule has 1 heterocycles. The van der Waals surface area contributed by atoms with Gasteiger partial charge in [-0.3, -0.25) is 4.79 Å². The molecule has 0 unspecified atom stereocenters. The summed E-state index contributed by atoms with van der Waals surface area (Å²) in [4.78, 5) is 20.4. The molecule has 0 saturated heterocycles. The van der Waals surface area contributed by atoms with Gasteiger partial charge in [0.05, 0.1) is 5.69 Å². The van der Waals surface area contributed by atoms with Gasteiger partial charge in [-0.1, -0.05) is 79.2 Å². The monoisotopic (exact) mass is 463 g/mol. The fourth-order valence-electron chi connectivity index (χ4n) is 3.18. The lowest BCUT2D eigenvalue weighted by atomic mass is 10.0. The summed E-state index contributed by atoms with van der Waals surface area (Å²) in [6.45, 7) is 2.79. The van der Waals surface area contributed by atoms with Gasteiger partial charge >= 0.3 is 0 Å². The summed E-state index contributed by atoms with van der Waals surface area (Å²) in [6.07, 6.45) is 4.88. The topological polar surface area (TPSA) is 57.8 Å². The maximum atomic E-state index is 12.6. The largest absolute Gasteiger partial charge is 0.349 e. The van der Waals surface area contributed by atoms with Crippen LogP contribution in [0.1, 0.15) is 54.5 Å². The van der Waals surface area contributed by atoms with Gasteiger partial charge in [-0.2, -0.15) is 0 Å². The Bertz CT molecular complexity index is 999. The normalized spacial score (nSPS) is 10.9. The van der Waals surface area contributed by atoms with Crippen molar-refractivity contribution in [1.82, 2.24) is 15.3 Å². The quantitative estimate of drug-likeness (QED) is 0.337. The molecular weight excluding hydrogens is 441 g/mol. The first kappa shape index (κ1) is 22.7. The molecular formula is C23H24Cl3N3O. The maximum Gasteiger partial charge on any atom is 0.287 e. The summed E-state index contributed by atoms with van der Waals surface area (Å²) in [5.74, 6) is 0.0747. The van der Waals surface area contributed by atoms with Crippen LogP contribution in [0.4, 0.5) is 0 Å². The molecule has 0 radical (unpaired) electrons. The Morgan fingerprint density at radius 1 is 1.00 bits per heavy atom. The van der Waals surface area contributed by atoms with E-state index in [1.807, 2.05) is 18.2 Å². The third kappa shape index (κ3) is 6.00. The Morgan fingerprint density at radius 2 is 1.73 bits per heavy atom. The molecule has 0 aliphatic carbocycles. The summed E-state index contributed by atoms with van der Waals surface area (Å²) < 4.78 is 0. The Labute approximate surface area is 192 Å². The third-order valence-electron chi connectivity index (χ3n) is 4.81. The van der Waals surface area contributed by atoms with Crippen LogP contribution in [0.2, 0.25) is 15.1 Å². The second kappa shape index (κ2) is 10.9. The first-order valence-electron chi connectivity index (χ1n) is 10.0. The number of carbonyl (C=O) groups is 1. The minimum atomic E-state index is -0.213. The van der Waals surface area contributed by atoms with Crippen LogP contribution in [0.25, 0.3) is 11.3 Å². The first-order valence-corrected chi connectivity index (χ1v) is 11.2. The molecule has 2 aromatic carbocycles. The molecule has 2 N–H and O–H groups in total. The number of unbranched alkanes of at least 4 members (excludes halogenated alkanes) is 3. The first-order chi connectivity index (χ1) is 14.5. The number of imidazole rings is 1. The lowest BCUT2D eigenvalue weighted by Crippen LogP contribution is -2.25. The van der Waals surface area contributed by atoms with Crippen LogP contribution in [0.15, 0.2) is 42.5 Å². The van der Waals surface area contributed by atoms with E-state index in [-0.39, 0.29) is 11.7 Å². The second-order valence-electron chi connectivity index (χ2n) is 7.15. The molecule has 4 nitrogen and oxygen atoms in total. The zero-order valence-corrected chi connectivity index (χ0v) is 19.0. The molecule has 0 aliphatic heterocycles. The summed E-state index contributed by atoms with van der Waals surface area (Å²) in [6, 6.07) is 12.8. The van der Waals surface area contributed by atoms with Gasteiger partial charge in [0.1, 0.15) is 0 Å². The van der Waals surface area contributed by atoms with Crippen molar-refractivity contribution in [1.29, 1.82) is 0 Å². The minimum Gasteiger partial charge on any atom is -0.349 e. The van der Waals surface area contributed by atoms with Gasteiger partial charge in [0.2, 0.25) is 0 Å². The van der Waals surface area contributed by atoms with E-state index >= 15 is 0 Å². The van der Waals surface area contributed by atoms with Crippen molar-refractivity contribution < 1.29 is 4.79 Å². The number of aromatic nitrogens is 2. The molecule has 30 heavy (non-hydrogen) atoms. The Morgan fingerprint density at radius 3 is 2.43 bits per heavy atom. The van der Waals surface area contributed by atoms with Crippen molar-refractivity contribution >= 4 is 40.7 Å². The van der Waals surface area contributed by atoms with Crippen LogP contribution < -0.4 is 5.32 Å². The van der Waals surface area contributed by atoms with Gasteiger partial charge < -0.3 is 10.3 Å². The number of carbonyl (C=O) groups excluding carboxylic acids is 1. The average molecular weight is 465 g/mol. The predicted molar refractivity (Wildman–Crippen MR) is 125 cm³/mol. The Kier molecular flexibility index (Phi) is 8.20. The Balaban J connectivity index is 1.85. The number of aromatic amines is 1. The van der Waals surface area contributed by atoms with E-state index < -0.39 is 0 Å². The molecule has 0 aliphatic rings. The molecule has 0 spiro atoms. The van der Waals surface area contributed by atoms with Crippen LogP contribution in [-0.2, 0) is 6.42 Å². The molecule has 1 aromatic heterocycles. The standard InChI is InChI=1S/C23H24Cl3N3O/c1-2-3-4-5-12-27-23(30)22-28-20(13-16-8-11-18(25)14-19(16)26)21(29-22)15-6-9-17(24)10-7-15/h6-11,14H,2-5,12-13H2,1H3,(H,27,30)(H,28,29). The van der Waals surface area contributed by atoms with Gasteiger partial charge in [-0.05, 0) is 36.2 Å². The number of H-pyrrole nitrogens is 1. The highest BCUT2D eigenvalue weighted by Gasteiger charge is 2.18. The van der Waals surface area contributed by atoms with Gasteiger partial charge in [-0.25, -0.2) is 4.98 Å². The molecule has 0 fully saturated rings. The summed E-state index contributed by atoms with van der Waals surface area (Å²) in [7, 11) is 0. The van der Waals surface area contributed by atoms with Crippen molar-refractivity contribution in [3.05, 3.63) is 74.6 Å². The Hall–Kier alpha value is -2.01. The van der Waals surface area contributed by atoms with Crippen molar-refractivity contribution in [3.63, 3.8) is 0 Å². The van der Waals surface area contributed by atoms with Gasteiger partial charge in [0, 0.05) is 39.3 Å². The number of nitrogens with one attached hydrogen (secondary N) is 2. The molecule has 0 bridgehead atoms. The van der Waals surface area contributed by atoms with Crippen molar-refractivity contribution in [2.45, 2.75) is 39.0 Å². The predicted octanol–water partition coefficient (Wildman–Crippen LogP) is 6.94. The maximum absolute atomic E-state index is 12.6. The fraction of sp³-hybridized carbons (Fsp3) is 0.304. The number of nitrogens with zero attached hydrogens (tertiary/aromatic N) is 1. The summed E-state index contributed by atoms with van der Waals surface area (Å²) in [5.41, 5.74) is 3.27. The number of hydrogen-bond acceptors (Lipinski definition) is 2. The van der Waals surface area contributed by atoms with E-state index in [0.29, 0.717) is 33.7 Å². The van der Waals surface area contributed by atoms with E-state index in [1.165, 1.54) is 6.42 Å². The zero-order chi connectivity index (χ0) is 21.5. The lowest BCUT2D eigenvalue weighted by Gasteiger charge is -2.06. The van der Waals surface area contributed by atoms with Gasteiger partial charge in [0.15, 0.2) is 5.82 Å². The van der Waals surface area contributed by atoms with Crippen molar-refractivity contribution in [3.8, 4) is 11.3 Å². The van der Waals surface area contributed by atoms with Crippen LogP contribution in [0.3, 0.4) is 0 Å². The van der Waals surface area contributed by atoms with E-state index in [9.17, 15) is 4.79 Å². The molecule has 0 atom stereocenters. The van der Waals surface area contributed by atoms with Gasteiger partial charge in [-0.15, -0.1) is 0 Å². The smallest absolute Gasteiger partial charge is 0.287 e. The number of rotatable bonds is 9. The summed E-state index contributed by atoms with van der Waals surface area (Å²) >= 11 is 18.4. The number of benzene rings is 2. The molecule has 3 rings (SSSR count). The van der Waals surface area contributed by atoms with Crippen molar-refractivity contribution in [2.75, 3.05) is 6.54 Å². The number of halogens is 3.